The summed E-state index contributed by atoms with van der Waals surface area (Å²) in [6.07, 6.45) is 3.13. The van der Waals surface area contributed by atoms with Crippen molar-refractivity contribution in [3.05, 3.63) is 41.7 Å². The standard InChI is InChI=1S/C20H22ClN3O4S/c1-12(25)23-15-7-13(6-14(21)8-15)16-10-22-19-9-17(28-5)18(11-24(16)19)29(26,27)20(2,3)4/h6-11H,1-5H3,(H,23,25). The van der Waals surface area contributed by atoms with E-state index in [1.165, 1.54) is 20.2 Å². The Bertz CT molecular complexity index is 1210. The van der Waals surface area contributed by atoms with Crippen LogP contribution in [0, 0.1) is 0 Å². The van der Waals surface area contributed by atoms with Gasteiger partial charge in [-0.2, -0.15) is 0 Å². The van der Waals surface area contributed by atoms with Gasteiger partial charge in [0.25, 0.3) is 0 Å². The van der Waals surface area contributed by atoms with E-state index in [-0.39, 0.29) is 16.6 Å². The Morgan fingerprint density at radius 1 is 1.21 bits per heavy atom. The van der Waals surface area contributed by atoms with Crippen LogP contribution in [0.25, 0.3) is 16.9 Å². The maximum absolute atomic E-state index is 13.1. The number of nitrogens with one attached hydrogen (secondary N) is 1. The number of halogens is 1. The lowest BCUT2D eigenvalue weighted by Gasteiger charge is -2.21. The number of benzene rings is 1. The van der Waals surface area contributed by atoms with Crippen LogP contribution in [0.4, 0.5) is 5.69 Å². The molecule has 0 bridgehead atoms. The van der Waals surface area contributed by atoms with Crippen molar-refractivity contribution in [2.24, 2.45) is 0 Å². The molecule has 0 spiro atoms. The van der Waals surface area contributed by atoms with Gasteiger partial charge in [-0.3, -0.25) is 9.20 Å². The molecule has 0 aliphatic carbocycles. The predicted octanol–water partition coefficient (Wildman–Crippen LogP) is 4.19. The average Bonchev–Trinajstić information content (AvgIpc) is 3.01. The molecule has 2 aromatic heterocycles. The van der Waals surface area contributed by atoms with E-state index in [4.69, 9.17) is 16.3 Å². The Morgan fingerprint density at radius 3 is 2.48 bits per heavy atom. The highest BCUT2D eigenvalue weighted by Gasteiger charge is 2.34. The van der Waals surface area contributed by atoms with Gasteiger partial charge in [-0.15, -0.1) is 0 Å². The van der Waals surface area contributed by atoms with Crippen molar-refractivity contribution < 1.29 is 17.9 Å². The van der Waals surface area contributed by atoms with Crippen LogP contribution < -0.4 is 10.1 Å². The van der Waals surface area contributed by atoms with Crippen LogP contribution in [-0.2, 0) is 14.6 Å². The van der Waals surface area contributed by atoms with E-state index < -0.39 is 14.6 Å². The van der Waals surface area contributed by atoms with Gasteiger partial charge in [0, 0.05) is 35.5 Å². The van der Waals surface area contributed by atoms with E-state index in [1.807, 2.05) is 0 Å². The molecule has 154 valence electrons. The third-order valence-electron chi connectivity index (χ3n) is 4.40. The van der Waals surface area contributed by atoms with Crippen molar-refractivity contribution in [3.8, 4) is 17.0 Å². The fourth-order valence-corrected chi connectivity index (χ4v) is 4.45. The van der Waals surface area contributed by atoms with Crippen LogP contribution in [-0.4, -0.2) is 35.6 Å². The molecule has 0 radical (unpaired) electrons. The molecule has 0 aliphatic heterocycles. The number of anilines is 1. The molecule has 9 heteroatoms. The van der Waals surface area contributed by atoms with E-state index in [9.17, 15) is 13.2 Å². The molecule has 0 unspecified atom stereocenters. The summed E-state index contributed by atoms with van der Waals surface area (Å²) in [6.45, 7) is 6.32. The molecule has 7 nitrogen and oxygen atoms in total. The van der Waals surface area contributed by atoms with E-state index in [0.717, 1.165) is 0 Å². The summed E-state index contributed by atoms with van der Waals surface area (Å²) in [4.78, 5) is 15.8. The first kappa shape index (κ1) is 21.1. The minimum absolute atomic E-state index is 0.0726. The van der Waals surface area contributed by atoms with Crippen LogP contribution in [0.1, 0.15) is 27.7 Å². The molecule has 0 saturated carbocycles. The second-order valence-electron chi connectivity index (χ2n) is 7.60. The van der Waals surface area contributed by atoms with Gasteiger partial charge in [0.1, 0.15) is 16.3 Å². The van der Waals surface area contributed by atoms with Gasteiger partial charge < -0.3 is 10.1 Å². The van der Waals surface area contributed by atoms with Crippen molar-refractivity contribution in [2.45, 2.75) is 37.3 Å². The Kier molecular flexibility index (Phi) is 5.36. The summed E-state index contributed by atoms with van der Waals surface area (Å²) in [5.41, 5.74) is 2.36. The monoisotopic (exact) mass is 435 g/mol. The number of nitrogens with zero attached hydrogens (tertiary/aromatic N) is 2. The lowest BCUT2D eigenvalue weighted by atomic mass is 10.1. The van der Waals surface area contributed by atoms with Crippen molar-refractivity contribution in [1.29, 1.82) is 0 Å². The number of hydrogen-bond acceptors (Lipinski definition) is 5. The van der Waals surface area contributed by atoms with Gasteiger partial charge in [0.15, 0.2) is 9.84 Å². The number of ether oxygens (including phenoxy) is 1. The molecule has 2 heterocycles. The first-order valence-corrected chi connectivity index (χ1v) is 10.7. The molecule has 29 heavy (non-hydrogen) atoms. The maximum Gasteiger partial charge on any atom is 0.221 e. The number of amides is 1. The number of methoxy groups -OCH3 is 1. The number of carbonyl (C=O) groups is 1. The average molecular weight is 436 g/mol. The third-order valence-corrected chi connectivity index (χ3v) is 7.12. The Labute approximate surface area is 174 Å². The number of aromatic nitrogens is 2. The zero-order chi connectivity index (χ0) is 21.6. The van der Waals surface area contributed by atoms with Gasteiger partial charge in [-0.25, -0.2) is 13.4 Å². The topological polar surface area (TPSA) is 89.8 Å². The summed E-state index contributed by atoms with van der Waals surface area (Å²) in [5.74, 6) is 0.00857. The molecular weight excluding hydrogens is 414 g/mol. The van der Waals surface area contributed by atoms with Crippen molar-refractivity contribution in [1.82, 2.24) is 9.38 Å². The summed E-state index contributed by atoms with van der Waals surface area (Å²) in [6, 6.07) is 6.69. The van der Waals surface area contributed by atoms with E-state index in [1.54, 1.807) is 55.6 Å². The number of pyridine rings is 1. The van der Waals surface area contributed by atoms with Crippen LogP contribution in [0.3, 0.4) is 0 Å². The summed E-state index contributed by atoms with van der Waals surface area (Å²) in [7, 11) is -2.25. The second-order valence-corrected chi connectivity index (χ2v) is 10.7. The van der Waals surface area contributed by atoms with Gasteiger partial charge in [-0.05, 0) is 39.0 Å². The molecule has 1 N–H and O–H groups in total. The number of carbonyl (C=O) groups excluding carboxylic acids is 1. The smallest absolute Gasteiger partial charge is 0.221 e. The van der Waals surface area contributed by atoms with Crippen molar-refractivity contribution >= 4 is 38.7 Å². The number of imidazole rings is 1. The molecule has 1 aromatic carbocycles. The van der Waals surface area contributed by atoms with E-state index in [0.29, 0.717) is 27.6 Å². The predicted molar refractivity (Wildman–Crippen MR) is 113 cm³/mol. The first-order chi connectivity index (χ1) is 13.4. The number of rotatable bonds is 4. The van der Waals surface area contributed by atoms with E-state index >= 15 is 0 Å². The molecule has 0 saturated heterocycles. The lowest BCUT2D eigenvalue weighted by Crippen LogP contribution is -2.28. The van der Waals surface area contributed by atoms with Gasteiger partial charge in [0.2, 0.25) is 5.91 Å². The van der Waals surface area contributed by atoms with E-state index in [2.05, 4.69) is 10.3 Å². The largest absolute Gasteiger partial charge is 0.495 e. The van der Waals surface area contributed by atoms with Gasteiger partial charge in [-0.1, -0.05) is 11.6 Å². The number of fused-ring (bicyclic) bond motifs is 1. The normalized spacial score (nSPS) is 12.2. The zero-order valence-electron chi connectivity index (χ0n) is 16.8. The minimum Gasteiger partial charge on any atom is -0.495 e. The fraction of sp³-hybridized carbons (Fsp3) is 0.300. The summed E-state index contributed by atoms with van der Waals surface area (Å²) >= 11 is 6.22. The quantitative estimate of drug-likeness (QED) is 0.663. The molecule has 1 amide bonds. The highest BCUT2D eigenvalue weighted by atomic mass is 35.5. The van der Waals surface area contributed by atoms with Crippen LogP contribution >= 0.6 is 11.6 Å². The maximum atomic E-state index is 13.1. The second kappa shape index (κ2) is 7.35. The molecule has 0 aliphatic rings. The van der Waals surface area contributed by atoms with Gasteiger partial charge >= 0.3 is 0 Å². The third kappa shape index (κ3) is 3.95. The highest BCUT2D eigenvalue weighted by Crippen LogP contribution is 2.35. The molecular formula is C20H22ClN3O4S. The number of hydrogen-bond donors (Lipinski definition) is 1. The summed E-state index contributed by atoms with van der Waals surface area (Å²) in [5, 5.41) is 3.13. The van der Waals surface area contributed by atoms with Crippen molar-refractivity contribution in [2.75, 3.05) is 12.4 Å². The Balaban J connectivity index is 2.26. The fourth-order valence-electron chi connectivity index (χ4n) is 2.90. The Morgan fingerprint density at radius 2 is 1.90 bits per heavy atom. The highest BCUT2D eigenvalue weighted by molar-refractivity contribution is 7.92. The van der Waals surface area contributed by atoms with Crippen LogP contribution in [0.2, 0.25) is 5.02 Å². The zero-order valence-corrected chi connectivity index (χ0v) is 18.4. The first-order valence-electron chi connectivity index (χ1n) is 8.82. The molecule has 3 rings (SSSR count). The molecule has 0 fully saturated rings. The number of sulfone groups is 1. The SMILES string of the molecule is COc1cc2ncc(-c3cc(Cl)cc(NC(C)=O)c3)n2cc1S(=O)(=O)C(C)(C)C. The van der Waals surface area contributed by atoms with Gasteiger partial charge in [0.05, 0.1) is 23.7 Å². The lowest BCUT2D eigenvalue weighted by molar-refractivity contribution is -0.114. The molecule has 0 atom stereocenters. The Hall–Kier alpha value is -2.58. The molecule has 3 aromatic rings. The van der Waals surface area contributed by atoms with Crippen LogP contribution in [0.15, 0.2) is 41.6 Å². The van der Waals surface area contributed by atoms with Crippen LogP contribution in [0.5, 0.6) is 5.75 Å². The summed E-state index contributed by atoms with van der Waals surface area (Å²) < 4.78 is 32.2. The van der Waals surface area contributed by atoms with Crippen molar-refractivity contribution in [3.63, 3.8) is 0 Å². The minimum atomic E-state index is -3.68.